The lowest BCUT2D eigenvalue weighted by Crippen LogP contribution is -2.34. The van der Waals surface area contributed by atoms with E-state index in [1.165, 1.54) is 0 Å². The zero-order valence-corrected chi connectivity index (χ0v) is 21.0. The fraction of sp³-hybridized carbons (Fsp3) is 0.200. The van der Waals surface area contributed by atoms with Crippen LogP contribution in [0.3, 0.4) is 0 Å². The number of rotatable bonds is 10. The maximum atomic E-state index is 12.6. The molecule has 0 bridgehead atoms. The van der Waals surface area contributed by atoms with Crippen LogP contribution in [0.5, 0.6) is 11.5 Å². The van der Waals surface area contributed by atoms with Gasteiger partial charge in [-0.05, 0) is 62.4 Å². The number of furan rings is 1. The summed E-state index contributed by atoms with van der Waals surface area (Å²) in [5, 5.41) is 3.88. The Morgan fingerprint density at radius 1 is 1.03 bits per heavy atom. The van der Waals surface area contributed by atoms with E-state index in [0.29, 0.717) is 28.0 Å². The van der Waals surface area contributed by atoms with Gasteiger partial charge in [0.25, 0.3) is 5.91 Å². The van der Waals surface area contributed by atoms with Gasteiger partial charge < -0.3 is 23.9 Å². The molecule has 192 valence electrons. The van der Waals surface area contributed by atoms with Crippen molar-refractivity contribution in [2.45, 2.75) is 13.8 Å². The number of aromatic nitrogens is 2. The number of fused-ring (bicyclic) bond motifs is 1. The molecule has 2 aromatic heterocycles. The first-order valence-electron chi connectivity index (χ1n) is 11.2. The maximum absolute atomic E-state index is 12.6. The number of aryl methyl sites for hydroxylation is 1. The summed E-state index contributed by atoms with van der Waals surface area (Å²) in [5.74, 6) is 0.644. The zero-order chi connectivity index (χ0) is 26.4. The van der Waals surface area contributed by atoms with Crippen LogP contribution in [0, 0.1) is 6.92 Å². The molecule has 0 spiro atoms. The number of hydrogen-bond acceptors (Lipinski definition) is 10. The van der Waals surface area contributed by atoms with Gasteiger partial charge in [0.05, 0.1) is 19.1 Å². The van der Waals surface area contributed by atoms with E-state index in [0.717, 1.165) is 0 Å². The third-order valence-corrected chi connectivity index (χ3v) is 5.31. The Balaban J connectivity index is 1.57. The molecule has 0 radical (unpaired) electrons. The van der Waals surface area contributed by atoms with Crippen molar-refractivity contribution in [3.8, 4) is 11.5 Å². The summed E-state index contributed by atoms with van der Waals surface area (Å²) >= 11 is 5.96. The summed E-state index contributed by atoms with van der Waals surface area (Å²) in [6.45, 7) is 3.20. The van der Waals surface area contributed by atoms with Crippen LogP contribution >= 0.6 is 11.6 Å². The molecule has 2 heterocycles. The first kappa shape index (κ1) is 25.6. The normalized spacial score (nSPS) is 10.6. The molecule has 0 atom stereocenters. The number of carbonyl (C=O) groups is 2. The van der Waals surface area contributed by atoms with Crippen molar-refractivity contribution < 1.29 is 28.2 Å². The second kappa shape index (κ2) is 11.5. The first-order chi connectivity index (χ1) is 17.9. The molecule has 4 aromatic rings. The summed E-state index contributed by atoms with van der Waals surface area (Å²) in [6.07, 6.45) is 0. The van der Waals surface area contributed by atoms with Gasteiger partial charge in [-0.2, -0.15) is 9.97 Å². The van der Waals surface area contributed by atoms with Crippen molar-refractivity contribution in [3.63, 3.8) is 0 Å². The molecule has 0 aliphatic heterocycles. The highest BCUT2D eigenvalue weighted by atomic mass is 35.5. The molecule has 0 saturated carbocycles. The highest BCUT2D eigenvalue weighted by Crippen LogP contribution is 2.32. The number of ether oxygens (including phenoxy) is 3. The molecule has 4 rings (SSSR count). The number of esters is 1. The van der Waals surface area contributed by atoms with Crippen molar-refractivity contribution in [2.24, 2.45) is 0 Å². The summed E-state index contributed by atoms with van der Waals surface area (Å²) in [6, 6.07) is 13.7. The number of nitrogens with one attached hydrogen (secondary N) is 3. The Kier molecular flexibility index (Phi) is 7.94. The van der Waals surface area contributed by atoms with Gasteiger partial charge in [0.1, 0.15) is 22.8 Å². The smallest absolute Gasteiger partial charge is 0.342 e. The molecule has 37 heavy (non-hydrogen) atoms. The third kappa shape index (κ3) is 6.19. The molecule has 0 unspecified atom stereocenters. The number of methoxy groups -OCH3 is 1. The highest BCUT2D eigenvalue weighted by molar-refractivity contribution is 6.30. The van der Waals surface area contributed by atoms with E-state index in [4.69, 9.17) is 30.2 Å². The van der Waals surface area contributed by atoms with Gasteiger partial charge >= 0.3 is 5.97 Å². The van der Waals surface area contributed by atoms with Crippen LogP contribution in [-0.4, -0.2) is 42.2 Å². The maximum Gasteiger partial charge on any atom is 0.342 e. The summed E-state index contributed by atoms with van der Waals surface area (Å²) in [7, 11) is 1.56. The average Bonchev–Trinajstić information content (AvgIpc) is 3.23. The standard InChI is InChI=1S/C25H24ClN5O6/c1-4-35-24(33)20-14(2)37-23-21(20)22(28-25(29-23)27-16-7-5-15(26)6-8-16)31-30-19(32)13-36-18-11-9-17(34-3)10-12-18/h5-12H,4,13H2,1-3H3,(H,30,32)(H2,27,28,29,31). The average molecular weight is 526 g/mol. The second-order valence-electron chi connectivity index (χ2n) is 7.60. The van der Waals surface area contributed by atoms with Crippen molar-refractivity contribution in [1.82, 2.24) is 15.4 Å². The largest absolute Gasteiger partial charge is 0.497 e. The van der Waals surface area contributed by atoms with Crippen LogP contribution in [0.15, 0.2) is 52.9 Å². The molecule has 0 aliphatic carbocycles. The number of halogens is 1. The molecular weight excluding hydrogens is 502 g/mol. The first-order valence-corrected chi connectivity index (χ1v) is 11.6. The van der Waals surface area contributed by atoms with Gasteiger partial charge in [-0.3, -0.25) is 15.6 Å². The minimum atomic E-state index is -0.599. The lowest BCUT2D eigenvalue weighted by atomic mass is 10.2. The minimum absolute atomic E-state index is 0.123. The molecule has 3 N–H and O–H groups in total. The van der Waals surface area contributed by atoms with E-state index >= 15 is 0 Å². The summed E-state index contributed by atoms with van der Waals surface area (Å²) < 4.78 is 21.5. The Morgan fingerprint density at radius 3 is 2.41 bits per heavy atom. The number of carbonyl (C=O) groups excluding carboxylic acids is 2. The van der Waals surface area contributed by atoms with Gasteiger partial charge in [-0.15, -0.1) is 0 Å². The topological polar surface area (TPSA) is 137 Å². The monoisotopic (exact) mass is 525 g/mol. The number of anilines is 3. The van der Waals surface area contributed by atoms with Crippen LogP contribution < -0.4 is 25.6 Å². The number of nitrogens with zero attached hydrogens (tertiary/aromatic N) is 2. The van der Waals surface area contributed by atoms with E-state index in [1.54, 1.807) is 69.5 Å². The van der Waals surface area contributed by atoms with E-state index in [-0.39, 0.29) is 41.6 Å². The molecular formula is C25H24ClN5O6. The lowest BCUT2D eigenvalue weighted by Gasteiger charge is -2.12. The minimum Gasteiger partial charge on any atom is -0.497 e. The van der Waals surface area contributed by atoms with Crippen molar-refractivity contribution in [3.05, 3.63) is 64.9 Å². The van der Waals surface area contributed by atoms with Crippen molar-refractivity contribution in [1.29, 1.82) is 0 Å². The summed E-state index contributed by atoms with van der Waals surface area (Å²) in [5.41, 5.74) is 6.21. The van der Waals surface area contributed by atoms with Crippen molar-refractivity contribution >= 4 is 52.0 Å². The van der Waals surface area contributed by atoms with Gasteiger partial charge in [0.15, 0.2) is 12.4 Å². The SMILES string of the molecule is CCOC(=O)c1c(C)oc2nc(Nc3ccc(Cl)cc3)nc(NNC(=O)COc3ccc(OC)cc3)c12. The van der Waals surface area contributed by atoms with Gasteiger partial charge in [0.2, 0.25) is 11.7 Å². The zero-order valence-electron chi connectivity index (χ0n) is 20.3. The van der Waals surface area contributed by atoms with Gasteiger partial charge in [-0.1, -0.05) is 11.6 Å². The Hall–Kier alpha value is -4.51. The van der Waals surface area contributed by atoms with E-state index in [2.05, 4.69) is 26.1 Å². The number of hydrazine groups is 1. The molecule has 0 saturated heterocycles. The number of hydrogen-bond donors (Lipinski definition) is 3. The second-order valence-corrected chi connectivity index (χ2v) is 8.04. The number of amides is 1. The Bertz CT molecular complexity index is 1410. The van der Waals surface area contributed by atoms with Gasteiger partial charge in [-0.25, -0.2) is 4.79 Å². The molecule has 12 heteroatoms. The fourth-order valence-corrected chi connectivity index (χ4v) is 3.48. The Labute approximate surface area is 217 Å². The lowest BCUT2D eigenvalue weighted by molar-refractivity contribution is -0.122. The van der Waals surface area contributed by atoms with Crippen molar-refractivity contribution in [2.75, 3.05) is 31.1 Å². The van der Waals surface area contributed by atoms with Crippen LogP contribution in [0.25, 0.3) is 11.1 Å². The van der Waals surface area contributed by atoms with E-state index in [1.807, 2.05) is 0 Å². The predicted molar refractivity (Wildman–Crippen MR) is 137 cm³/mol. The molecule has 0 aliphatic rings. The fourth-order valence-electron chi connectivity index (χ4n) is 3.35. The summed E-state index contributed by atoms with van der Waals surface area (Å²) in [4.78, 5) is 33.9. The molecule has 0 fully saturated rings. The highest BCUT2D eigenvalue weighted by Gasteiger charge is 2.25. The van der Waals surface area contributed by atoms with Gasteiger partial charge in [0, 0.05) is 10.7 Å². The van der Waals surface area contributed by atoms with E-state index in [9.17, 15) is 9.59 Å². The van der Waals surface area contributed by atoms with Crippen LogP contribution in [-0.2, 0) is 9.53 Å². The number of benzene rings is 2. The predicted octanol–water partition coefficient (Wildman–Crippen LogP) is 4.64. The van der Waals surface area contributed by atoms with Crippen LogP contribution in [0.4, 0.5) is 17.5 Å². The third-order valence-electron chi connectivity index (χ3n) is 5.06. The molecule has 2 aromatic carbocycles. The van der Waals surface area contributed by atoms with Crippen LogP contribution in [0.1, 0.15) is 23.0 Å². The van der Waals surface area contributed by atoms with E-state index < -0.39 is 11.9 Å². The molecule has 1 amide bonds. The quantitative estimate of drug-likeness (QED) is 0.198. The van der Waals surface area contributed by atoms with Crippen LogP contribution in [0.2, 0.25) is 5.02 Å². The molecule has 11 nitrogen and oxygen atoms in total. The Morgan fingerprint density at radius 2 is 1.73 bits per heavy atom.